The number of ether oxygens (including phenoxy) is 1. The second-order valence-electron chi connectivity index (χ2n) is 3.41. The summed E-state index contributed by atoms with van der Waals surface area (Å²) >= 11 is -1.14. The fourth-order valence-electron chi connectivity index (χ4n) is 1.18. The van der Waals surface area contributed by atoms with Crippen molar-refractivity contribution in [1.29, 1.82) is 0 Å². The Balaban J connectivity index is 2.79. The van der Waals surface area contributed by atoms with Gasteiger partial charge in [-0.05, 0) is 0 Å². The van der Waals surface area contributed by atoms with Gasteiger partial charge < -0.3 is 0 Å². The van der Waals surface area contributed by atoms with Crippen LogP contribution < -0.4 is 4.74 Å². The van der Waals surface area contributed by atoms with Crippen LogP contribution in [0.1, 0.15) is 16.1 Å². The van der Waals surface area contributed by atoms with Crippen LogP contribution in [0.2, 0.25) is 9.26 Å². The Hall–Kier alpha value is -0.0969. The Labute approximate surface area is 88.8 Å². The average Bonchev–Trinajstić information content (AvgIpc) is 2.17. The maximum atomic E-state index is 5.13. The predicted molar refractivity (Wildman–Crippen MR) is 58.9 cm³/mol. The third-order valence-corrected chi connectivity index (χ3v) is 9.55. The van der Waals surface area contributed by atoms with Gasteiger partial charge >= 0.3 is 89.0 Å². The van der Waals surface area contributed by atoms with E-state index >= 15 is 0 Å². The summed E-state index contributed by atoms with van der Waals surface area (Å²) in [5.41, 5.74) is 1.48. The van der Waals surface area contributed by atoms with Crippen LogP contribution in [0.3, 0.4) is 0 Å². The summed E-state index contributed by atoms with van der Waals surface area (Å²) in [5.74, 6) is 0.953. The molecule has 2 heteroatoms. The van der Waals surface area contributed by atoms with Gasteiger partial charge in [-0.15, -0.1) is 0 Å². The van der Waals surface area contributed by atoms with Crippen LogP contribution in [0, 0.1) is 0 Å². The minimum atomic E-state index is -1.14. The zero-order valence-electron chi connectivity index (χ0n) is 8.74. The van der Waals surface area contributed by atoms with Gasteiger partial charge in [0, 0.05) is 0 Å². The Kier molecular flexibility index (Phi) is 4.18. The third-order valence-electron chi connectivity index (χ3n) is 2.37. The quantitative estimate of drug-likeness (QED) is 0.739. The second kappa shape index (κ2) is 4.95. The van der Waals surface area contributed by atoms with Crippen molar-refractivity contribution in [1.82, 2.24) is 0 Å². The van der Waals surface area contributed by atoms with Crippen LogP contribution in [-0.4, -0.2) is 28.9 Å². The van der Waals surface area contributed by atoms with Gasteiger partial charge in [0.15, 0.2) is 0 Å². The molecule has 0 amide bonds. The summed E-state index contributed by atoms with van der Waals surface area (Å²) in [7, 11) is 1.71. The Morgan fingerprint density at radius 1 is 1.15 bits per heavy atom. The summed E-state index contributed by atoms with van der Waals surface area (Å²) < 4.78 is 10.8. The summed E-state index contributed by atoms with van der Waals surface area (Å²) in [4.78, 5) is 0. The number of hydrogen-bond donors (Lipinski definition) is 0. The number of hydrogen-bond acceptors (Lipinski definition) is 1. The van der Waals surface area contributed by atoms with E-state index in [0.717, 1.165) is 9.38 Å². The molecule has 0 saturated carbocycles. The molecule has 1 rings (SSSR count). The van der Waals surface area contributed by atoms with Crippen LogP contribution in [0.15, 0.2) is 24.3 Å². The first-order valence-corrected chi connectivity index (χ1v) is 13.4. The van der Waals surface area contributed by atoms with Crippen molar-refractivity contribution >= 4 is 21.8 Å². The molecule has 0 aliphatic heterocycles. The molecule has 1 atom stereocenters. The van der Waals surface area contributed by atoms with Gasteiger partial charge in [-0.1, -0.05) is 0 Å². The molecule has 0 radical (unpaired) electrons. The average molecular weight is 374 g/mol. The zero-order valence-corrected chi connectivity index (χ0v) is 12.2. The van der Waals surface area contributed by atoms with E-state index in [9.17, 15) is 0 Å². The van der Waals surface area contributed by atoms with Crippen LogP contribution in [-0.2, 0) is 0 Å². The fraction of sp³-hybridized carbons (Fsp3) is 0.455. The molecule has 1 aromatic carbocycles. The van der Waals surface area contributed by atoms with Crippen molar-refractivity contribution in [2.75, 3.05) is 7.11 Å². The molecule has 1 unspecified atom stereocenters. The van der Waals surface area contributed by atoms with Crippen LogP contribution in [0.4, 0.5) is 0 Å². The normalized spacial score (nSPS) is 13.0. The van der Waals surface area contributed by atoms with Gasteiger partial charge in [0.25, 0.3) is 0 Å². The molecule has 0 spiro atoms. The summed E-state index contributed by atoms with van der Waals surface area (Å²) in [6.07, 6.45) is 0. The van der Waals surface area contributed by atoms with E-state index in [0.29, 0.717) is 0 Å². The van der Waals surface area contributed by atoms with Crippen LogP contribution in [0.25, 0.3) is 0 Å². The molecule has 72 valence electrons. The summed E-state index contributed by atoms with van der Waals surface area (Å²) in [6.45, 7) is 2.35. The Morgan fingerprint density at radius 2 is 1.69 bits per heavy atom. The maximum absolute atomic E-state index is 5.13. The van der Waals surface area contributed by atoms with Gasteiger partial charge in [0.2, 0.25) is 0 Å². The number of methoxy groups -OCH3 is 1. The second-order valence-corrected chi connectivity index (χ2v) is 13.9. The van der Waals surface area contributed by atoms with Gasteiger partial charge in [0.1, 0.15) is 0 Å². The first-order valence-electron chi connectivity index (χ1n) is 4.45. The molecule has 0 aliphatic rings. The monoisotopic (exact) mass is 374 g/mol. The molecule has 13 heavy (non-hydrogen) atoms. The molecule has 0 aliphatic carbocycles. The van der Waals surface area contributed by atoms with E-state index < -0.39 is 21.8 Å². The topological polar surface area (TPSA) is 9.23 Å². The molecule has 1 nitrogen and oxygen atoms in total. The van der Waals surface area contributed by atoms with Crippen LogP contribution in [0.5, 0.6) is 5.75 Å². The van der Waals surface area contributed by atoms with Crippen molar-refractivity contribution in [2.24, 2.45) is 0 Å². The van der Waals surface area contributed by atoms with Gasteiger partial charge in [-0.3, -0.25) is 0 Å². The standard InChI is InChI=1S/C9H11O.2CH3.Bi/c1-3-8-4-6-9(10-2)7-5-8;;;/h3-7H,1-2H3;2*1H3;. The van der Waals surface area contributed by atoms with E-state index in [1.54, 1.807) is 7.11 Å². The fourth-order valence-corrected chi connectivity index (χ4v) is 4.17. The van der Waals surface area contributed by atoms with Crippen molar-refractivity contribution in [2.45, 2.75) is 19.8 Å². The van der Waals surface area contributed by atoms with E-state index in [1.807, 2.05) is 0 Å². The van der Waals surface area contributed by atoms with E-state index in [4.69, 9.17) is 4.74 Å². The first-order chi connectivity index (χ1) is 6.15. The van der Waals surface area contributed by atoms with Gasteiger partial charge in [-0.2, -0.15) is 0 Å². The Morgan fingerprint density at radius 3 is 2.08 bits per heavy atom. The summed E-state index contributed by atoms with van der Waals surface area (Å²) in [5, 5.41) is 0. The van der Waals surface area contributed by atoms with Crippen molar-refractivity contribution in [3.8, 4) is 5.75 Å². The molecule has 0 heterocycles. The summed E-state index contributed by atoms with van der Waals surface area (Å²) in [6, 6.07) is 8.50. The molecule has 1 aromatic rings. The predicted octanol–water partition coefficient (Wildman–Crippen LogP) is 3.09. The molecular formula is C11H17BiO. The molecule has 0 N–H and O–H groups in total. The molecule has 0 bridgehead atoms. The molecular weight excluding hydrogens is 357 g/mol. The third kappa shape index (κ3) is 2.95. The van der Waals surface area contributed by atoms with Crippen molar-refractivity contribution in [3.63, 3.8) is 0 Å². The Bertz CT molecular complexity index is 253. The van der Waals surface area contributed by atoms with E-state index in [2.05, 4.69) is 40.5 Å². The SMILES string of the molecule is COc1ccc([CH](C)[Bi]([CH3])[CH3])cc1. The number of rotatable bonds is 3. The van der Waals surface area contributed by atoms with E-state index in [-0.39, 0.29) is 0 Å². The minimum absolute atomic E-state index is 0.820. The first kappa shape index (κ1) is 11.0. The van der Waals surface area contributed by atoms with Crippen molar-refractivity contribution < 1.29 is 4.74 Å². The van der Waals surface area contributed by atoms with E-state index in [1.165, 1.54) is 5.56 Å². The number of benzene rings is 1. The molecule has 0 saturated heterocycles. The zero-order chi connectivity index (χ0) is 9.84. The van der Waals surface area contributed by atoms with Crippen molar-refractivity contribution in [3.05, 3.63) is 29.8 Å². The van der Waals surface area contributed by atoms with Gasteiger partial charge in [-0.25, -0.2) is 0 Å². The molecule has 0 aromatic heterocycles. The molecule has 0 fully saturated rings. The van der Waals surface area contributed by atoms with Gasteiger partial charge in [0.05, 0.1) is 0 Å². The van der Waals surface area contributed by atoms with Crippen LogP contribution >= 0.6 is 0 Å².